The van der Waals surface area contributed by atoms with Gasteiger partial charge in [0.05, 0.1) is 11.6 Å². The molecule has 0 bridgehead atoms. The van der Waals surface area contributed by atoms with Crippen LogP contribution in [0.3, 0.4) is 0 Å². The summed E-state index contributed by atoms with van der Waals surface area (Å²) < 4.78 is 13.8. The normalized spacial score (nSPS) is 12.0. The maximum Gasteiger partial charge on any atom is 0.254 e. The Bertz CT molecular complexity index is 679. The predicted octanol–water partition coefficient (Wildman–Crippen LogP) is 4.24. The lowest BCUT2D eigenvalue weighted by Gasteiger charge is -2.17. The molecule has 0 saturated heterocycles. The van der Waals surface area contributed by atoms with E-state index in [0.29, 0.717) is 0 Å². The largest absolute Gasteiger partial charge is 0.345 e. The van der Waals surface area contributed by atoms with Crippen molar-refractivity contribution in [1.29, 1.82) is 0 Å². The Morgan fingerprint density at radius 3 is 2.38 bits per heavy atom. The molecular formula is C18H20FNO. The Labute approximate surface area is 125 Å². The highest BCUT2D eigenvalue weighted by Crippen LogP contribution is 2.20. The molecule has 0 radical (unpaired) electrons. The Kier molecular flexibility index (Phi) is 4.41. The minimum Gasteiger partial charge on any atom is -0.345 e. The van der Waals surface area contributed by atoms with Crippen molar-refractivity contribution in [2.24, 2.45) is 0 Å². The van der Waals surface area contributed by atoms with Crippen molar-refractivity contribution in [3.05, 3.63) is 70.0 Å². The highest BCUT2D eigenvalue weighted by atomic mass is 19.1. The minimum absolute atomic E-state index is 0.0900. The molecule has 2 nitrogen and oxygen atoms in total. The molecule has 0 saturated carbocycles. The second-order valence-electron chi connectivity index (χ2n) is 5.54. The fraction of sp³-hybridized carbons (Fsp3) is 0.278. The first kappa shape index (κ1) is 15.2. The Hall–Kier alpha value is -2.16. The predicted molar refractivity (Wildman–Crippen MR) is 82.9 cm³/mol. The van der Waals surface area contributed by atoms with Crippen molar-refractivity contribution in [3.63, 3.8) is 0 Å². The summed E-state index contributed by atoms with van der Waals surface area (Å²) in [5, 5.41) is 2.87. The van der Waals surface area contributed by atoms with E-state index in [1.54, 1.807) is 12.1 Å². The van der Waals surface area contributed by atoms with Crippen molar-refractivity contribution in [2.75, 3.05) is 0 Å². The van der Waals surface area contributed by atoms with Crippen molar-refractivity contribution >= 4 is 5.91 Å². The number of halogens is 1. The number of carbonyl (C=O) groups excluding carboxylic acids is 1. The third-order valence-corrected chi connectivity index (χ3v) is 3.62. The lowest BCUT2D eigenvalue weighted by molar-refractivity contribution is 0.0935. The zero-order chi connectivity index (χ0) is 15.6. The molecule has 0 aliphatic carbocycles. The van der Waals surface area contributed by atoms with Gasteiger partial charge < -0.3 is 5.32 Å². The number of carbonyl (C=O) groups is 1. The summed E-state index contributed by atoms with van der Waals surface area (Å²) in [7, 11) is 0. The molecule has 0 aromatic heterocycles. The molecule has 0 fully saturated rings. The molecule has 2 aromatic carbocycles. The number of amides is 1. The maximum absolute atomic E-state index is 13.8. The Morgan fingerprint density at radius 2 is 1.67 bits per heavy atom. The second kappa shape index (κ2) is 6.08. The first-order valence-corrected chi connectivity index (χ1v) is 7.02. The molecule has 0 aliphatic rings. The summed E-state index contributed by atoms with van der Waals surface area (Å²) in [4.78, 5) is 12.2. The van der Waals surface area contributed by atoms with E-state index in [-0.39, 0.29) is 17.5 Å². The molecule has 1 amide bonds. The van der Waals surface area contributed by atoms with Gasteiger partial charge in [-0.05, 0) is 51.0 Å². The van der Waals surface area contributed by atoms with E-state index in [4.69, 9.17) is 0 Å². The summed E-state index contributed by atoms with van der Waals surface area (Å²) in [6, 6.07) is 10.5. The third kappa shape index (κ3) is 3.48. The molecule has 2 aromatic rings. The van der Waals surface area contributed by atoms with Crippen LogP contribution in [-0.2, 0) is 0 Å². The van der Waals surface area contributed by atoms with E-state index in [1.165, 1.54) is 6.07 Å². The van der Waals surface area contributed by atoms with Gasteiger partial charge in [0.25, 0.3) is 5.91 Å². The number of rotatable bonds is 3. The van der Waals surface area contributed by atoms with Crippen LogP contribution >= 0.6 is 0 Å². The lowest BCUT2D eigenvalue weighted by Crippen LogP contribution is -2.28. The van der Waals surface area contributed by atoms with Gasteiger partial charge in [-0.2, -0.15) is 0 Å². The average molecular weight is 285 g/mol. The molecule has 1 N–H and O–H groups in total. The van der Waals surface area contributed by atoms with Gasteiger partial charge in [0.15, 0.2) is 0 Å². The van der Waals surface area contributed by atoms with Crippen LogP contribution in [0.2, 0.25) is 0 Å². The monoisotopic (exact) mass is 285 g/mol. The van der Waals surface area contributed by atoms with E-state index in [9.17, 15) is 9.18 Å². The first-order valence-electron chi connectivity index (χ1n) is 7.02. The van der Waals surface area contributed by atoms with Gasteiger partial charge in [0, 0.05) is 0 Å². The Balaban J connectivity index is 2.23. The molecule has 3 heteroatoms. The van der Waals surface area contributed by atoms with Crippen molar-refractivity contribution < 1.29 is 9.18 Å². The zero-order valence-corrected chi connectivity index (χ0v) is 12.8. The van der Waals surface area contributed by atoms with E-state index in [2.05, 4.69) is 5.32 Å². The summed E-state index contributed by atoms with van der Waals surface area (Å²) in [6.07, 6.45) is 0. The number of hydrogen-bond acceptors (Lipinski definition) is 1. The standard InChI is InChI=1S/C18H20FNO/c1-11-5-7-13(3)15(9-11)14(4)20-18(21)16-10-12(2)6-8-17(16)19/h5-10,14H,1-4H3,(H,20,21). The molecular weight excluding hydrogens is 265 g/mol. The molecule has 1 atom stereocenters. The molecule has 0 aliphatic heterocycles. The SMILES string of the molecule is Cc1ccc(F)c(C(=O)NC(C)c2cc(C)ccc2C)c1. The van der Waals surface area contributed by atoms with E-state index in [0.717, 1.165) is 22.3 Å². The summed E-state index contributed by atoms with van der Waals surface area (Å²) in [5.74, 6) is -0.879. The molecule has 0 spiro atoms. The molecule has 1 unspecified atom stereocenters. The van der Waals surface area contributed by atoms with Gasteiger partial charge in [-0.3, -0.25) is 4.79 Å². The van der Waals surface area contributed by atoms with Gasteiger partial charge in [-0.15, -0.1) is 0 Å². The van der Waals surface area contributed by atoms with E-state index in [1.807, 2.05) is 45.9 Å². The number of hydrogen-bond donors (Lipinski definition) is 1. The maximum atomic E-state index is 13.8. The summed E-state index contributed by atoms with van der Waals surface area (Å²) in [6.45, 7) is 7.76. The van der Waals surface area contributed by atoms with Crippen LogP contribution in [0.1, 0.15) is 45.6 Å². The van der Waals surface area contributed by atoms with Crippen LogP contribution < -0.4 is 5.32 Å². The molecule has 2 rings (SSSR count). The van der Waals surface area contributed by atoms with Gasteiger partial charge in [-0.1, -0.05) is 35.4 Å². The fourth-order valence-electron chi connectivity index (χ4n) is 2.39. The van der Waals surface area contributed by atoms with Crippen LogP contribution in [0, 0.1) is 26.6 Å². The van der Waals surface area contributed by atoms with Crippen LogP contribution in [0.15, 0.2) is 36.4 Å². The third-order valence-electron chi connectivity index (χ3n) is 3.62. The second-order valence-corrected chi connectivity index (χ2v) is 5.54. The van der Waals surface area contributed by atoms with Crippen LogP contribution in [0.25, 0.3) is 0 Å². The quantitative estimate of drug-likeness (QED) is 0.897. The van der Waals surface area contributed by atoms with Crippen LogP contribution in [0.4, 0.5) is 4.39 Å². The minimum atomic E-state index is -0.494. The highest BCUT2D eigenvalue weighted by Gasteiger charge is 2.16. The average Bonchev–Trinajstić information content (AvgIpc) is 2.43. The summed E-state index contributed by atoms with van der Waals surface area (Å²) >= 11 is 0. The van der Waals surface area contributed by atoms with Crippen molar-refractivity contribution in [3.8, 4) is 0 Å². The number of nitrogens with one attached hydrogen (secondary N) is 1. The van der Waals surface area contributed by atoms with Crippen LogP contribution in [0.5, 0.6) is 0 Å². The first-order chi connectivity index (χ1) is 9.88. The lowest BCUT2D eigenvalue weighted by atomic mass is 9.99. The summed E-state index contributed by atoms with van der Waals surface area (Å²) in [5.41, 5.74) is 4.25. The fourth-order valence-corrected chi connectivity index (χ4v) is 2.39. The molecule has 0 heterocycles. The van der Waals surface area contributed by atoms with Gasteiger partial charge in [-0.25, -0.2) is 4.39 Å². The van der Waals surface area contributed by atoms with E-state index >= 15 is 0 Å². The smallest absolute Gasteiger partial charge is 0.254 e. The molecule has 21 heavy (non-hydrogen) atoms. The van der Waals surface area contributed by atoms with Gasteiger partial charge in [0.2, 0.25) is 0 Å². The Morgan fingerprint density at radius 1 is 1.05 bits per heavy atom. The molecule has 110 valence electrons. The number of benzene rings is 2. The highest BCUT2D eigenvalue weighted by molar-refractivity contribution is 5.94. The van der Waals surface area contributed by atoms with Gasteiger partial charge in [0.1, 0.15) is 5.82 Å². The van der Waals surface area contributed by atoms with Crippen molar-refractivity contribution in [1.82, 2.24) is 5.32 Å². The van der Waals surface area contributed by atoms with Crippen molar-refractivity contribution in [2.45, 2.75) is 33.7 Å². The topological polar surface area (TPSA) is 29.1 Å². The zero-order valence-electron chi connectivity index (χ0n) is 12.8. The van der Waals surface area contributed by atoms with E-state index < -0.39 is 5.82 Å². The van der Waals surface area contributed by atoms with Crippen LogP contribution in [-0.4, -0.2) is 5.91 Å². The number of aryl methyl sites for hydroxylation is 3. The van der Waals surface area contributed by atoms with Gasteiger partial charge >= 0.3 is 0 Å².